The number of aromatic nitrogens is 1. The fourth-order valence-electron chi connectivity index (χ4n) is 0.945. The van der Waals surface area contributed by atoms with Crippen molar-refractivity contribution in [2.75, 3.05) is 0 Å². The van der Waals surface area contributed by atoms with Gasteiger partial charge in [0.25, 0.3) is 0 Å². The van der Waals surface area contributed by atoms with Gasteiger partial charge in [-0.25, -0.2) is 9.78 Å². The maximum absolute atomic E-state index is 12.1. The number of alkyl halides is 3. The van der Waals surface area contributed by atoms with E-state index in [9.17, 15) is 18.0 Å². The minimum Gasteiger partial charge on any atom is -0.478 e. The first-order valence-electron chi connectivity index (χ1n) is 3.60. The zero-order valence-corrected chi connectivity index (χ0v) is 8.32. The van der Waals surface area contributed by atoms with Crippen LogP contribution in [0.4, 0.5) is 13.2 Å². The molecule has 1 N–H and O–H groups in total. The number of aromatic carboxylic acids is 1. The third-order valence-electron chi connectivity index (χ3n) is 1.61. The molecule has 1 aromatic heterocycles. The van der Waals surface area contributed by atoms with Gasteiger partial charge in [0, 0.05) is 0 Å². The Kier molecular flexibility index (Phi) is 4.09. The summed E-state index contributed by atoms with van der Waals surface area (Å²) in [6, 6.07) is 1.55. The predicted molar refractivity (Wildman–Crippen MR) is 48.2 cm³/mol. The average Bonchev–Trinajstić information content (AvgIpc) is 2.01. The number of aryl methyl sites for hydroxylation is 1. The number of hydrogen-bond acceptors (Lipinski definition) is 2. The van der Waals surface area contributed by atoms with Crippen molar-refractivity contribution in [3.05, 3.63) is 29.1 Å². The summed E-state index contributed by atoms with van der Waals surface area (Å²) in [7, 11) is 0. The Bertz CT molecular complexity index is 379. The summed E-state index contributed by atoms with van der Waals surface area (Å²) in [5.41, 5.74) is -1.45. The number of carboxylic acids is 1. The first-order valence-corrected chi connectivity index (χ1v) is 3.60. The molecule has 0 aliphatic rings. The lowest BCUT2D eigenvalue weighted by molar-refractivity contribution is -0.141. The standard InChI is InChI=1S/C8H6F3NO2.ClH/c1-4-5(7(13)14)2-3-6(12-4)8(9,10)11;/h2-3H,1H3,(H,13,14);1H. The highest BCUT2D eigenvalue weighted by atomic mass is 35.5. The Morgan fingerprint density at radius 3 is 2.27 bits per heavy atom. The minimum atomic E-state index is -4.54. The van der Waals surface area contributed by atoms with Gasteiger partial charge in [-0.15, -0.1) is 12.4 Å². The number of nitrogens with zero attached hydrogens (tertiary/aromatic N) is 1. The molecule has 0 aliphatic carbocycles. The monoisotopic (exact) mass is 241 g/mol. The molecule has 1 heterocycles. The second-order valence-electron chi connectivity index (χ2n) is 2.63. The maximum Gasteiger partial charge on any atom is 0.433 e. The van der Waals surface area contributed by atoms with Gasteiger partial charge in [-0.3, -0.25) is 0 Å². The molecule has 0 aromatic carbocycles. The van der Waals surface area contributed by atoms with E-state index in [1.165, 1.54) is 6.92 Å². The van der Waals surface area contributed by atoms with E-state index in [0.717, 1.165) is 6.07 Å². The van der Waals surface area contributed by atoms with E-state index in [1.54, 1.807) is 0 Å². The molecule has 0 aliphatic heterocycles. The largest absolute Gasteiger partial charge is 0.478 e. The van der Waals surface area contributed by atoms with E-state index in [1.807, 2.05) is 0 Å². The van der Waals surface area contributed by atoms with Crippen LogP contribution < -0.4 is 0 Å². The summed E-state index contributed by atoms with van der Waals surface area (Å²) in [5.74, 6) is -1.29. The molecule has 3 nitrogen and oxygen atoms in total. The first-order chi connectivity index (χ1) is 6.32. The minimum absolute atomic E-state index is 0. The summed E-state index contributed by atoms with van der Waals surface area (Å²) < 4.78 is 36.3. The molecule has 1 rings (SSSR count). The fraction of sp³-hybridized carbons (Fsp3) is 0.250. The number of hydrogen-bond donors (Lipinski definition) is 1. The quantitative estimate of drug-likeness (QED) is 0.822. The molecule has 7 heteroatoms. The summed E-state index contributed by atoms with van der Waals surface area (Å²) in [4.78, 5) is 13.6. The van der Waals surface area contributed by atoms with Gasteiger partial charge < -0.3 is 5.11 Å². The van der Waals surface area contributed by atoms with E-state index in [2.05, 4.69) is 4.98 Å². The van der Waals surface area contributed by atoms with Gasteiger partial charge in [0.05, 0.1) is 11.3 Å². The molecule has 15 heavy (non-hydrogen) atoms. The van der Waals surface area contributed by atoms with Crippen molar-refractivity contribution in [1.29, 1.82) is 0 Å². The van der Waals surface area contributed by atoms with Crippen molar-refractivity contribution < 1.29 is 23.1 Å². The predicted octanol–water partition coefficient (Wildman–Crippen LogP) is 2.53. The van der Waals surface area contributed by atoms with Crippen LogP contribution in [0.1, 0.15) is 21.7 Å². The van der Waals surface area contributed by atoms with Gasteiger partial charge in [0.1, 0.15) is 5.69 Å². The van der Waals surface area contributed by atoms with Crippen LogP contribution in [-0.2, 0) is 6.18 Å². The molecule has 0 saturated heterocycles. The lowest BCUT2D eigenvalue weighted by Gasteiger charge is -2.07. The molecular formula is C8H7ClF3NO2. The molecule has 0 atom stereocenters. The highest BCUT2D eigenvalue weighted by molar-refractivity contribution is 5.88. The third-order valence-corrected chi connectivity index (χ3v) is 1.61. The average molecular weight is 242 g/mol. The Morgan fingerprint density at radius 2 is 1.93 bits per heavy atom. The molecule has 0 bridgehead atoms. The summed E-state index contributed by atoms with van der Waals surface area (Å²) in [6.45, 7) is 1.22. The molecular weight excluding hydrogens is 235 g/mol. The van der Waals surface area contributed by atoms with Gasteiger partial charge in [0.15, 0.2) is 0 Å². The van der Waals surface area contributed by atoms with Crippen LogP contribution in [0, 0.1) is 6.92 Å². The highest BCUT2D eigenvalue weighted by Gasteiger charge is 2.32. The summed E-state index contributed by atoms with van der Waals surface area (Å²) in [6.07, 6.45) is -4.54. The first kappa shape index (κ1) is 13.7. The van der Waals surface area contributed by atoms with Crippen molar-refractivity contribution in [3.8, 4) is 0 Å². The summed E-state index contributed by atoms with van der Waals surface area (Å²) in [5, 5.41) is 8.54. The van der Waals surface area contributed by atoms with Crippen LogP contribution in [0.25, 0.3) is 0 Å². The van der Waals surface area contributed by atoms with E-state index in [-0.39, 0.29) is 23.7 Å². The van der Waals surface area contributed by atoms with Crippen molar-refractivity contribution in [3.63, 3.8) is 0 Å². The van der Waals surface area contributed by atoms with Crippen LogP contribution >= 0.6 is 12.4 Å². The number of carboxylic acid groups (broad SMARTS) is 1. The van der Waals surface area contributed by atoms with Crippen molar-refractivity contribution in [2.45, 2.75) is 13.1 Å². The Hall–Kier alpha value is -1.30. The van der Waals surface area contributed by atoms with E-state index >= 15 is 0 Å². The highest BCUT2D eigenvalue weighted by Crippen LogP contribution is 2.27. The lowest BCUT2D eigenvalue weighted by atomic mass is 10.2. The Balaban J connectivity index is 0.00000196. The second kappa shape index (κ2) is 4.48. The van der Waals surface area contributed by atoms with Gasteiger partial charge in [-0.2, -0.15) is 13.2 Å². The van der Waals surface area contributed by atoms with Gasteiger partial charge in [0.2, 0.25) is 0 Å². The van der Waals surface area contributed by atoms with Crippen LogP contribution in [0.15, 0.2) is 12.1 Å². The van der Waals surface area contributed by atoms with Crippen molar-refractivity contribution >= 4 is 18.4 Å². The Morgan fingerprint density at radius 1 is 1.40 bits per heavy atom. The van der Waals surface area contributed by atoms with Crippen LogP contribution in [0.5, 0.6) is 0 Å². The number of rotatable bonds is 1. The van der Waals surface area contributed by atoms with Gasteiger partial charge in [-0.05, 0) is 19.1 Å². The molecule has 0 amide bonds. The van der Waals surface area contributed by atoms with Crippen LogP contribution in [0.3, 0.4) is 0 Å². The smallest absolute Gasteiger partial charge is 0.433 e. The maximum atomic E-state index is 12.1. The normalized spacial score (nSPS) is 10.7. The fourth-order valence-corrected chi connectivity index (χ4v) is 0.945. The zero-order valence-electron chi connectivity index (χ0n) is 7.50. The van der Waals surface area contributed by atoms with Crippen molar-refractivity contribution in [2.24, 2.45) is 0 Å². The number of halogens is 4. The van der Waals surface area contributed by atoms with E-state index in [4.69, 9.17) is 5.11 Å². The zero-order chi connectivity index (χ0) is 10.9. The molecule has 84 valence electrons. The van der Waals surface area contributed by atoms with Gasteiger partial charge in [-0.1, -0.05) is 0 Å². The van der Waals surface area contributed by atoms with Crippen molar-refractivity contribution in [1.82, 2.24) is 4.98 Å². The molecule has 0 radical (unpaired) electrons. The topological polar surface area (TPSA) is 50.2 Å². The lowest BCUT2D eigenvalue weighted by Crippen LogP contribution is -2.11. The Labute approximate surface area is 89.4 Å². The summed E-state index contributed by atoms with van der Waals surface area (Å²) >= 11 is 0. The van der Waals surface area contributed by atoms with Gasteiger partial charge >= 0.3 is 12.1 Å². The number of pyridine rings is 1. The molecule has 0 saturated carbocycles. The SMILES string of the molecule is Cc1nc(C(F)(F)F)ccc1C(=O)O.Cl. The van der Waals surface area contributed by atoms with Crippen LogP contribution in [-0.4, -0.2) is 16.1 Å². The molecule has 0 spiro atoms. The third kappa shape index (κ3) is 3.09. The van der Waals surface area contributed by atoms with Crippen LogP contribution in [0.2, 0.25) is 0 Å². The molecule has 1 aromatic rings. The van der Waals surface area contributed by atoms with E-state index < -0.39 is 17.8 Å². The molecule has 0 fully saturated rings. The second-order valence-corrected chi connectivity index (χ2v) is 2.63. The number of carbonyl (C=O) groups is 1. The van der Waals surface area contributed by atoms with E-state index in [0.29, 0.717) is 6.07 Å². The molecule has 0 unspecified atom stereocenters.